The second-order valence-corrected chi connectivity index (χ2v) is 8.94. The second-order valence-electron chi connectivity index (χ2n) is 8.94. The third kappa shape index (κ3) is 4.52. The summed E-state index contributed by atoms with van der Waals surface area (Å²) in [6.45, 7) is 7.56. The van der Waals surface area contributed by atoms with E-state index in [2.05, 4.69) is 37.9 Å². The zero-order valence-electron chi connectivity index (χ0n) is 17.8. The lowest BCUT2D eigenvalue weighted by atomic mass is 9.82. The predicted octanol–water partition coefficient (Wildman–Crippen LogP) is 3.39. The summed E-state index contributed by atoms with van der Waals surface area (Å²) in [6.07, 6.45) is 5.84. The van der Waals surface area contributed by atoms with Gasteiger partial charge in [0.05, 0.1) is 0 Å². The molecule has 5 nitrogen and oxygen atoms in total. The number of hydrogen-bond acceptors (Lipinski definition) is 5. The largest absolute Gasteiger partial charge is 0.371 e. The molecular weight excluding hydrogens is 348 g/mol. The summed E-state index contributed by atoms with van der Waals surface area (Å²) in [5, 5.41) is 11.5. The molecule has 0 aliphatic carbocycles. The highest BCUT2D eigenvalue weighted by atomic mass is 16.3. The molecule has 0 bridgehead atoms. The van der Waals surface area contributed by atoms with Crippen molar-refractivity contribution in [2.75, 3.05) is 26.7 Å². The highest BCUT2D eigenvalue weighted by Gasteiger charge is 2.48. The zero-order valence-corrected chi connectivity index (χ0v) is 17.8. The number of rotatable bonds is 7. The van der Waals surface area contributed by atoms with Crippen LogP contribution in [-0.2, 0) is 5.54 Å². The van der Waals surface area contributed by atoms with Crippen molar-refractivity contribution < 1.29 is 5.11 Å². The van der Waals surface area contributed by atoms with Gasteiger partial charge >= 0.3 is 0 Å². The minimum atomic E-state index is -0.695. The molecule has 2 aliphatic rings. The average Bonchev–Trinajstić information content (AvgIpc) is 2.84. The van der Waals surface area contributed by atoms with E-state index in [1.165, 1.54) is 12.8 Å². The van der Waals surface area contributed by atoms with Gasteiger partial charge in [0.25, 0.3) is 0 Å². The second kappa shape index (κ2) is 9.27. The van der Waals surface area contributed by atoms with Gasteiger partial charge in [-0.2, -0.15) is 0 Å². The molecule has 1 aromatic carbocycles. The fourth-order valence-corrected chi connectivity index (χ4v) is 4.61. The standard InChI is InChI=1S/C23H38N4O/c1-4-18(2)12-14-23(20-10-6-5-7-11-20)21(28)27(22(24)25-23)17-19-9-8-15-26(3)16-13-19/h5-7,10-11,18-19,21,28H,4,8-9,12-17H2,1-3H3,(H2,24,25). The van der Waals surface area contributed by atoms with Crippen molar-refractivity contribution in [2.45, 2.75) is 64.1 Å². The molecule has 4 atom stereocenters. The van der Waals surface area contributed by atoms with E-state index < -0.39 is 11.8 Å². The van der Waals surface area contributed by atoms with Crippen LogP contribution < -0.4 is 5.73 Å². The van der Waals surface area contributed by atoms with E-state index >= 15 is 0 Å². The van der Waals surface area contributed by atoms with Crippen molar-refractivity contribution in [3.8, 4) is 0 Å². The van der Waals surface area contributed by atoms with Gasteiger partial charge in [-0.3, -0.25) is 0 Å². The predicted molar refractivity (Wildman–Crippen MR) is 116 cm³/mol. The van der Waals surface area contributed by atoms with Crippen LogP contribution in [-0.4, -0.2) is 53.8 Å². The molecule has 4 unspecified atom stereocenters. The number of likely N-dealkylation sites (tertiary alicyclic amines) is 1. The quantitative estimate of drug-likeness (QED) is 0.754. The van der Waals surface area contributed by atoms with Gasteiger partial charge in [-0.15, -0.1) is 0 Å². The average molecular weight is 387 g/mol. The molecular formula is C23H38N4O. The first-order chi connectivity index (χ1) is 13.5. The molecule has 0 aromatic heterocycles. The summed E-state index contributed by atoms with van der Waals surface area (Å²) in [6, 6.07) is 10.2. The number of aliphatic hydroxyl groups excluding tert-OH is 1. The van der Waals surface area contributed by atoms with Crippen molar-refractivity contribution in [2.24, 2.45) is 22.6 Å². The van der Waals surface area contributed by atoms with Crippen LogP contribution in [0.3, 0.4) is 0 Å². The Bertz CT molecular complexity index is 649. The molecule has 0 amide bonds. The number of guanidine groups is 1. The highest BCUT2D eigenvalue weighted by Crippen LogP contribution is 2.41. The zero-order chi connectivity index (χ0) is 20.1. The van der Waals surface area contributed by atoms with E-state index in [-0.39, 0.29) is 0 Å². The van der Waals surface area contributed by atoms with Crippen LogP contribution in [0.2, 0.25) is 0 Å². The maximum atomic E-state index is 11.5. The molecule has 0 saturated carbocycles. The van der Waals surface area contributed by atoms with Crippen molar-refractivity contribution >= 4 is 5.96 Å². The Balaban J connectivity index is 1.81. The topological polar surface area (TPSA) is 65.1 Å². The van der Waals surface area contributed by atoms with Gasteiger partial charge in [-0.05, 0) is 69.6 Å². The summed E-state index contributed by atoms with van der Waals surface area (Å²) < 4.78 is 0. The van der Waals surface area contributed by atoms with Crippen LogP contribution in [0, 0.1) is 11.8 Å². The fourth-order valence-electron chi connectivity index (χ4n) is 4.61. The minimum absolute atomic E-state index is 0.498. The molecule has 2 heterocycles. The minimum Gasteiger partial charge on any atom is -0.371 e. The van der Waals surface area contributed by atoms with Gasteiger partial charge in [0.1, 0.15) is 5.54 Å². The number of aliphatic hydroxyl groups is 1. The summed E-state index contributed by atoms with van der Waals surface area (Å²) in [5.41, 5.74) is 6.82. The van der Waals surface area contributed by atoms with E-state index in [1.54, 1.807) is 0 Å². The number of aliphatic imine (C=N–C) groups is 1. The van der Waals surface area contributed by atoms with Crippen molar-refractivity contribution in [3.05, 3.63) is 35.9 Å². The number of hydrogen-bond donors (Lipinski definition) is 2. The number of benzene rings is 1. The Labute approximate surface area is 170 Å². The molecule has 1 fully saturated rings. The Hall–Kier alpha value is -1.59. The van der Waals surface area contributed by atoms with Gasteiger partial charge in [-0.1, -0.05) is 50.6 Å². The molecule has 1 aromatic rings. The van der Waals surface area contributed by atoms with Gasteiger partial charge in [0, 0.05) is 6.54 Å². The molecule has 2 aliphatic heterocycles. The molecule has 0 spiro atoms. The first-order valence-corrected chi connectivity index (χ1v) is 11.0. The first-order valence-electron chi connectivity index (χ1n) is 11.0. The van der Waals surface area contributed by atoms with Crippen molar-refractivity contribution in [1.82, 2.24) is 9.80 Å². The van der Waals surface area contributed by atoms with E-state index in [0.717, 1.165) is 50.9 Å². The lowest BCUT2D eigenvalue weighted by Gasteiger charge is -2.36. The van der Waals surface area contributed by atoms with Crippen LogP contribution in [0.1, 0.15) is 57.9 Å². The van der Waals surface area contributed by atoms with Gasteiger partial charge in [0.15, 0.2) is 12.2 Å². The number of nitrogens with zero attached hydrogens (tertiary/aromatic N) is 3. The van der Waals surface area contributed by atoms with E-state index in [1.807, 2.05) is 23.1 Å². The van der Waals surface area contributed by atoms with Crippen molar-refractivity contribution in [3.63, 3.8) is 0 Å². The normalized spacial score (nSPS) is 30.1. The van der Waals surface area contributed by atoms with Crippen LogP contribution >= 0.6 is 0 Å². The molecule has 0 radical (unpaired) electrons. The van der Waals surface area contributed by atoms with Crippen LogP contribution in [0.15, 0.2) is 35.3 Å². The monoisotopic (exact) mass is 386 g/mol. The van der Waals surface area contributed by atoms with Gasteiger partial charge in [-0.25, -0.2) is 4.99 Å². The molecule has 1 saturated heterocycles. The molecule has 5 heteroatoms. The van der Waals surface area contributed by atoms with Crippen molar-refractivity contribution in [1.29, 1.82) is 0 Å². The third-order valence-electron chi connectivity index (χ3n) is 6.85. The highest BCUT2D eigenvalue weighted by molar-refractivity contribution is 5.81. The Morgan fingerprint density at radius 3 is 2.71 bits per heavy atom. The third-order valence-corrected chi connectivity index (χ3v) is 6.85. The van der Waals surface area contributed by atoms with E-state index in [4.69, 9.17) is 10.7 Å². The summed E-state index contributed by atoms with van der Waals surface area (Å²) in [5.74, 6) is 1.66. The van der Waals surface area contributed by atoms with Crippen LogP contribution in [0.5, 0.6) is 0 Å². The van der Waals surface area contributed by atoms with E-state index in [9.17, 15) is 5.11 Å². The van der Waals surface area contributed by atoms with Gasteiger partial charge in [0.2, 0.25) is 0 Å². The lowest BCUT2D eigenvalue weighted by Crippen LogP contribution is -2.49. The fraction of sp³-hybridized carbons (Fsp3) is 0.696. The maximum Gasteiger partial charge on any atom is 0.194 e. The maximum absolute atomic E-state index is 11.5. The Morgan fingerprint density at radius 2 is 2.00 bits per heavy atom. The summed E-state index contributed by atoms with van der Waals surface area (Å²) in [7, 11) is 2.19. The summed E-state index contributed by atoms with van der Waals surface area (Å²) >= 11 is 0. The molecule has 28 heavy (non-hydrogen) atoms. The number of nitrogens with two attached hydrogens (primary N) is 1. The van der Waals surface area contributed by atoms with Crippen LogP contribution in [0.4, 0.5) is 0 Å². The molecule has 3 rings (SSSR count). The smallest absolute Gasteiger partial charge is 0.194 e. The molecule has 3 N–H and O–H groups in total. The first kappa shape index (κ1) is 21.1. The molecule has 156 valence electrons. The Kier molecular flexibility index (Phi) is 7.00. The Morgan fingerprint density at radius 1 is 1.25 bits per heavy atom. The summed E-state index contributed by atoms with van der Waals surface area (Å²) in [4.78, 5) is 9.30. The van der Waals surface area contributed by atoms with Crippen LogP contribution in [0.25, 0.3) is 0 Å². The van der Waals surface area contributed by atoms with E-state index in [0.29, 0.717) is 17.8 Å². The SMILES string of the molecule is CCC(C)CCC1(c2ccccc2)N=C(N)N(CC2CCCN(C)CC2)C1O. The van der Waals surface area contributed by atoms with Gasteiger partial charge < -0.3 is 20.6 Å². The lowest BCUT2D eigenvalue weighted by molar-refractivity contribution is -0.01000.